The summed E-state index contributed by atoms with van der Waals surface area (Å²) in [5.74, 6) is 0.569. The van der Waals surface area contributed by atoms with Gasteiger partial charge in [0.2, 0.25) is 0 Å². The van der Waals surface area contributed by atoms with Crippen LogP contribution in [0.5, 0.6) is 0 Å². The van der Waals surface area contributed by atoms with Gasteiger partial charge in [-0.3, -0.25) is 0 Å². The summed E-state index contributed by atoms with van der Waals surface area (Å²) in [5.41, 5.74) is 0. The monoisotopic (exact) mass is 381 g/mol. The van der Waals surface area contributed by atoms with Gasteiger partial charge >= 0.3 is 0 Å². The molecule has 0 bridgehead atoms. The minimum atomic E-state index is -0.271. The lowest BCUT2D eigenvalue weighted by molar-refractivity contribution is 0.0749. The summed E-state index contributed by atoms with van der Waals surface area (Å²) < 4.78 is 5.65. The molecule has 0 aliphatic heterocycles. The van der Waals surface area contributed by atoms with Gasteiger partial charge in [0.25, 0.3) is 0 Å². The van der Waals surface area contributed by atoms with Gasteiger partial charge in [-0.25, -0.2) is 0 Å². The lowest BCUT2D eigenvalue weighted by atomic mass is 9.89. The highest BCUT2D eigenvalue weighted by atomic mass is 16.5. The van der Waals surface area contributed by atoms with Crippen molar-refractivity contribution >= 4 is 0 Å². The molecule has 4 nitrogen and oxygen atoms in total. The van der Waals surface area contributed by atoms with Crippen LogP contribution in [0.25, 0.3) is 0 Å². The maximum absolute atomic E-state index is 10.5. The molecule has 1 aliphatic rings. The van der Waals surface area contributed by atoms with E-state index in [-0.39, 0.29) is 18.1 Å². The summed E-state index contributed by atoms with van der Waals surface area (Å²) in [4.78, 5) is 2.23. The van der Waals surface area contributed by atoms with Crippen LogP contribution >= 0.6 is 0 Å². The van der Waals surface area contributed by atoms with Gasteiger partial charge in [-0.05, 0) is 71.5 Å². The van der Waals surface area contributed by atoms with Gasteiger partial charge in [-0.1, -0.05) is 37.1 Å². The van der Waals surface area contributed by atoms with Crippen molar-refractivity contribution in [3.8, 4) is 0 Å². The zero-order valence-corrected chi connectivity index (χ0v) is 17.9. The molecule has 158 valence electrons. The minimum Gasteiger partial charge on any atom is -0.396 e. The van der Waals surface area contributed by atoms with Crippen LogP contribution < -0.4 is 0 Å². The van der Waals surface area contributed by atoms with E-state index in [1.807, 2.05) is 0 Å². The first-order chi connectivity index (χ1) is 13.1. The standard InChI is InChI=1S/C23H43NO3/c1-24(2)17-13-9-6-8-11-15-20-21(23(27-3)19-22(20)26)16-12-7-4-5-10-14-18-25/h8,11-12,16,20-23,25-26H,4-7,9-10,13-15,17-19H2,1-3H3/t20?,21-,22+,23-/m1/s1. The fraction of sp³-hybridized carbons (Fsp3) is 0.826. The van der Waals surface area contributed by atoms with E-state index >= 15 is 0 Å². The second-order valence-corrected chi connectivity index (χ2v) is 8.18. The summed E-state index contributed by atoms with van der Waals surface area (Å²) in [5, 5.41) is 19.3. The molecule has 0 amide bonds. The van der Waals surface area contributed by atoms with Gasteiger partial charge in [0.05, 0.1) is 12.2 Å². The quantitative estimate of drug-likeness (QED) is 0.330. The fourth-order valence-electron chi connectivity index (χ4n) is 3.98. The predicted molar refractivity (Wildman–Crippen MR) is 114 cm³/mol. The Balaban J connectivity index is 2.38. The van der Waals surface area contributed by atoms with Crippen molar-refractivity contribution in [2.45, 2.75) is 76.4 Å². The molecule has 1 unspecified atom stereocenters. The molecule has 1 saturated carbocycles. The molecule has 0 aromatic heterocycles. The molecule has 0 aromatic carbocycles. The zero-order valence-electron chi connectivity index (χ0n) is 17.9. The number of aliphatic hydroxyl groups excluding tert-OH is 2. The number of unbranched alkanes of at least 4 members (excludes halogenated alkanes) is 6. The molecule has 1 rings (SSSR count). The number of methoxy groups -OCH3 is 1. The van der Waals surface area contributed by atoms with Crippen molar-refractivity contribution in [3.63, 3.8) is 0 Å². The molecule has 0 spiro atoms. The van der Waals surface area contributed by atoms with Crippen molar-refractivity contribution in [1.82, 2.24) is 4.90 Å². The minimum absolute atomic E-state index is 0.129. The Morgan fingerprint density at radius 2 is 1.67 bits per heavy atom. The molecule has 2 N–H and O–H groups in total. The van der Waals surface area contributed by atoms with Crippen LogP contribution in [0.4, 0.5) is 0 Å². The molecule has 1 fully saturated rings. The summed E-state index contributed by atoms with van der Waals surface area (Å²) in [7, 11) is 5.99. The van der Waals surface area contributed by atoms with Crippen molar-refractivity contribution in [1.29, 1.82) is 0 Å². The first kappa shape index (κ1) is 24.4. The number of aliphatic hydroxyl groups is 2. The Labute approximate surface area is 167 Å². The van der Waals surface area contributed by atoms with Crippen LogP contribution in [0.2, 0.25) is 0 Å². The predicted octanol–water partition coefficient (Wildman–Crippen LogP) is 4.18. The molecule has 0 aromatic rings. The lowest BCUT2D eigenvalue weighted by Crippen LogP contribution is -2.21. The Morgan fingerprint density at radius 3 is 2.37 bits per heavy atom. The van der Waals surface area contributed by atoms with Crippen molar-refractivity contribution in [3.05, 3.63) is 24.3 Å². The van der Waals surface area contributed by atoms with Gasteiger partial charge in [0.1, 0.15) is 0 Å². The van der Waals surface area contributed by atoms with Crippen molar-refractivity contribution in [2.75, 3.05) is 34.4 Å². The van der Waals surface area contributed by atoms with Gasteiger partial charge < -0.3 is 19.8 Å². The smallest absolute Gasteiger partial charge is 0.0662 e. The average molecular weight is 382 g/mol. The average Bonchev–Trinajstić information content (AvgIpc) is 2.95. The molecule has 4 heteroatoms. The summed E-state index contributed by atoms with van der Waals surface area (Å²) >= 11 is 0. The Hall–Kier alpha value is -0.680. The Bertz CT molecular complexity index is 408. The highest BCUT2D eigenvalue weighted by molar-refractivity contribution is 5.05. The number of hydrogen-bond acceptors (Lipinski definition) is 4. The van der Waals surface area contributed by atoms with E-state index in [1.54, 1.807) is 7.11 Å². The number of rotatable bonds is 15. The topological polar surface area (TPSA) is 52.9 Å². The number of allylic oxidation sites excluding steroid dienone is 3. The number of hydrogen-bond donors (Lipinski definition) is 2. The van der Waals surface area contributed by atoms with Crippen LogP contribution in [0.3, 0.4) is 0 Å². The fourth-order valence-corrected chi connectivity index (χ4v) is 3.98. The summed E-state index contributed by atoms with van der Waals surface area (Å²) in [6.45, 7) is 1.45. The maximum Gasteiger partial charge on any atom is 0.0662 e. The van der Waals surface area contributed by atoms with E-state index in [9.17, 15) is 5.11 Å². The Kier molecular flexibility index (Phi) is 13.8. The normalized spacial score (nSPS) is 26.1. The van der Waals surface area contributed by atoms with Gasteiger partial charge in [-0.2, -0.15) is 0 Å². The van der Waals surface area contributed by atoms with Gasteiger partial charge in [0, 0.05) is 26.1 Å². The molecule has 27 heavy (non-hydrogen) atoms. The maximum atomic E-state index is 10.5. The number of nitrogens with zero attached hydrogens (tertiary/aromatic N) is 1. The van der Waals surface area contributed by atoms with Crippen LogP contribution in [-0.2, 0) is 4.74 Å². The largest absolute Gasteiger partial charge is 0.396 e. The highest BCUT2D eigenvalue weighted by Crippen LogP contribution is 2.38. The van der Waals surface area contributed by atoms with Gasteiger partial charge in [-0.15, -0.1) is 0 Å². The summed E-state index contributed by atoms with van der Waals surface area (Å²) in [6.07, 6.45) is 19.6. The summed E-state index contributed by atoms with van der Waals surface area (Å²) in [6, 6.07) is 0. The molecule has 0 saturated heterocycles. The molecule has 1 aliphatic carbocycles. The van der Waals surface area contributed by atoms with Crippen LogP contribution in [0.15, 0.2) is 24.3 Å². The van der Waals surface area contributed by atoms with Crippen molar-refractivity contribution < 1.29 is 14.9 Å². The van der Waals surface area contributed by atoms with Gasteiger partial charge in [0.15, 0.2) is 0 Å². The zero-order chi connectivity index (χ0) is 19.9. The Morgan fingerprint density at radius 1 is 0.963 bits per heavy atom. The van der Waals surface area contributed by atoms with E-state index in [1.165, 1.54) is 25.7 Å². The molecule has 4 atom stereocenters. The van der Waals surface area contributed by atoms with E-state index in [2.05, 4.69) is 43.3 Å². The van der Waals surface area contributed by atoms with E-state index in [4.69, 9.17) is 9.84 Å². The molecular weight excluding hydrogens is 338 g/mol. The molecule has 0 heterocycles. The lowest BCUT2D eigenvalue weighted by Gasteiger charge is -2.20. The third kappa shape index (κ3) is 10.4. The van der Waals surface area contributed by atoms with Crippen LogP contribution in [-0.4, -0.2) is 61.7 Å². The molecular formula is C23H43NO3. The highest BCUT2D eigenvalue weighted by Gasteiger charge is 2.40. The van der Waals surface area contributed by atoms with E-state index in [0.717, 1.165) is 45.1 Å². The third-order valence-electron chi connectivity index (χ3n) is 5.63. The second kappa shape index (κ2) is 15.3. The molecule has 0 radical (unpaired) electrons. The van der Waals surface area contributed by atoms with Crippen LogP contribution in [0, 0.1) is 11.8 Å². The third-order valence-corrected chi connectivity index (χ3v) is 5.63. The first-order valence-electron chi connectivity index (χ1n) is 10.9. The second-order valence-electron chi connectivity index (χ2n) is 8.18. The number of ether oxygens (including phenoxy) is 1. The van der Waals surface area contributed by atoms with E-state index in [0.29, 0.717) is 12.5 Å². The van der Waals surface area contributed by atoms with Crippen molar-refractivity contribution in [2.24, 2.45) is 11.8 Å². The van der Waals surface area contributed by atoms with Crippen LogP contribution in [0.1, 0.15) is 64.2 Å². The SMILES string of the molecule is CO[C@@H]1C[C@H](O)C(CC=CCCCCN(C)C)[C@H]1C=CCCCCCCO. The first-order valence-corrected chi connectivity index (χ1v) is 10.9. The van der Waals surface area contributed by atoms with E-state index < -0.39 is 0 Å².